The zero-order valence-corrected chi connectivity index (χ0v) is 15.9. The Hall–Kier alpha value is -2.44. The summed E-state index contributed by atoms with van der Waals surface area (Å²) in [6.45, 7) is 5.89. The lowest BCUT2D eigenvalue weighted by molar-refractivity contribution is 0.581. The zero-order chi connectivity index (χ0) is 18.9. The van der Waals surface area contributed by atoms with Gasteiger partial charge in [0.2, 0.25) is 10.0 Å². The molecule has 0 aliphatic rings. The summed E-state index contributed by atoms with van der Waals surface area (Å²) >= 11 is 0. The fourth-order valence-corrected chi connectivity index (χ4v) is 4.01. The second kappa shape index (κ2) is 7.05. The van der Waals surface area contributed by atoms with E-state index in [9.17, 15) is 13.2 Å². The van der Waals surface area contributed by atoms with E-state index < -0.39 is 10.0 Å². The van der Waals surface area contributed by atoms with Crippen molar-refractivity contribution in [2.45, 2.75) is 38.6 Å². The predicted octanol–water partition coefficient (Wildman–Crippen LogP) is 3.19. The van der Waals surface area contributed by atoms with Gasteiger partial charge in [-0.2, -0.15) is 0 Å². The van der Waals surface area contributed by atoms with Crippen LogP contribution in [-0.4, -0.2) is 13.4 Å². The van der Waals surface area contributed by atoms with E-state index in [2.05, 4.69) is 9.71 Å². The van der Waals surface area contributed by atoms with Crippen molar-refractivity contribution in [3.63, 3.8) is 0 Å². The minimum atomic E-state index is -3.67. The highest BCUT2D eigenvalue weighted by atomic mass is 32.2. The van der Waals surface area contributed by atoms with Gasteiger partial charge in [0.25, 0.3) is 5.56 Å². The number of hydrogen-bond donors (Lipinski definition) is 2. The number of rotatable bonds is 5. The molecule has 26 heavy (non-hydrogen) atoms. The van der Waals surface area contributed by atoms with Crippen LogP contribution in [0.5, 0.6) is 0 Å². The van der Waals surface area contributed by atoms with Crippen molar-refractivity contribution >= 4 is 20.9 Å². The first-order valence-electron chi connectivity index (χ1n) is 8.52. The number of sulfonamides is 1. The van der Waals surface area contributed by atoms with Crippen LogP contribution in [0.25, 0.3) is 10.9 Å². The molecule has 0 fully saturated rings. The van der Waals surface area contributed by atoms with Gasteiger partial charge in [0, 0.05) is 23.0 Å². The Morgan fingerprint density at radius 3 is 2.38 bits per heavy atom. The number of aromatic amines is 1. The van der Waals surface area contributed by atoms with Gasteiger partial charge < -0.3 is 4.98 Å². The summed E-state index contributed by atoms with van der Waals surface area (Å²) in [7, 11) is -3.67. The van der Waals surface area contributed by atoms with Crippen LogP contribution >= 0.6 is 0 Å². The highest BCUT2D eigenvalue weighted by Gasteiger charge is 2.15. The van der Waals surface area contributed by atoms with Crippen molar-refractivity contribution in [2.24, 2.45) is 0 Å². The number of H-pyrrole nitrogens is 1. The minimum absolute atomic E-state index is 0.0591. The molecule has 0 amide bonds. The molecule has 5 nitrogen and oxygen atoms in total. The van der Waals surface area contributed by atoms with Crippen molar-refractivity contribution in [1.29, 1.82) is 0 Å². The second-order valence-corrected chi connectivity index (χ2v) is 8.26. The molecule has 0 saturated carbocycles. The van der Waals surface area contributed by atoms with Crippen molar-refractivity contribution < 1.29 is 8.42 Å². The van der Waals surface area contributed by atoms with E-state index in [1.807, 2.05) is 32.9 Å². The molecule has 0 spiro atoms. The SMILES string of the molecule is CCc1ccc(S(=O)(=O)NCc2cc3c(C)cc(C)cc3[nH]c2=O)cc1. The van der Waals surface area contributed by atoms with Crippen LogP contribution in [0.4, 0.5) is 0 Å². The van der Waals surface area contributed by atoms with Gasteiger partial charge >= 0.3 is 0 Å². The number of nitrogens with one attached hydrogen (secondary N) is 2. The first-order chi connectivity index (χ1) is 12.3. The lowest BCUT2D eigenvalue weighted by atomic mass is 10.0. The predicted molar refractivity (Wildman–Crippen MR) is 104 cm³/mol. The van der Waals surface area contributed by atoms with Crippen LogP contribution in [0.3, 0.4) is 0 Å². The highest BCUT2D eigenvalue weighted by Crippen LogP contribution is 2.18. The Bertz CT molecular complexity index is 1110. The molecule has 0 aliphatic heterocycles. The van der Waals surface area contributed by atoms with Gasteiger partial charge in [0.05, 0.1) is 4.90 Å². The molecule has 1 heterocycles. The third-order valence-corrected chi connectivity index (χ3v) is 5.90. The second-order valence-electron chi connectivity index (χ2n) is 6.49. The van der Waals surface area contributed by atoms with Gasteiger partial charge in [0.1, 0.15) is 0 Å². The molecule has 3 rings (SSSR count). The van der Waals surface area contributed by atoms with E-state index in [0.29, 0.717) is 5.56 Å². The first kappa shape index (κ1) is 18.4. The minimum Gasteiger partial charge on any atom is -0.322 e. The highest BCUT2D eigenvalue weighted by molar-refractivity contribution is 7.89. The Labute approximate surface area is 153 Å². The molecule has 136 valence electrons. The van der Waals surface area contributed by atoms with Gasteiger partial charge in [-0.3, -0.25) is 4.79 Å². The van der Waals surface area contributed by atoms with Crippen LogP contribution in [-0.2, 0) is 23.0 Å². The van der Waals surface area contributed by atoms with Crippen molar-refractivity contribution in [1.82, 2.24) is 9.71 Å². The molecule has 0 unspecified atom stereocenters. The standard InChI is InChI=1S/C20H22N2O3S/c1-4-15-5-7-17(8-6-15)26(24,25)21-12-16-11-18-14(3)9-13(2)10-19(18)22-20(16)23/h5-11,21H,4,12H2,1-3H3,(H,22,23). The molecule has 2 aromatic carbocycles. The maximum atomic E-state index is 12.5. The van der Waals surface area contributed by atoms with Crippen molar-refractivity contribution in [2.75, 3.05) is 0 Å². The van der Waals surface area contributed by atoms with Gasteiger partial charge in [-0.1, -0.05) is 25.1 Å². The summed E-state index contributed by atoms with van der Waals surface area (Å²) < 4.78 is 27.5. The summed E-state index contributed by atoms with van der Waals surface area (Å²) in [5.74, 6) is 0. The molecule has 0 aliphatic carbocycles. The van der Waals surface area contributed by atoms with E-state index in [0.717, 1.165) is 34.0 Å². The van der Waals surface area contributed by atoms with Crippen LogP contribution < -0.4 is 10.3 Å². The molecule has 0 atom stereocenters. The zero-order valence-electron chi connectivity index (χ0n) is 15.1. The summed E-state index contributed by atoms with van der Waals surface area (Å²) in [6.07, 6.45) is 0.846. The van der Waals surface area contributed by atoms with Crippen LogP contribution in [0.15, 0.2) is 52.2 Å². The smallest absolute Gasteiger partial charge is 0.252 e. The third-order valence-electron chi connectivity index (χ3n) is 4.48. The Balaban J connectivity index is 1.88. The topological polar surface area (TPSA) is 79.0 Å². The van der Waals surface area contributed by atoms with Gasteiger partial charge in [-0.25, -0.2) is 13.1 Å². The van der Waals surface area contributed by atoms with Crippen molar-refractivity contribution in [3.05, 3.63) is 75.1 Å². The van der Waals surface area contributed by atoms with Crippen LogP contribution in [0, 0.1) is 13.8 Å². The summed E-state index contributed by atoms with van der Waals surface area (Å²) in [5, 5.41) is 0.914. The number of pyridine rings is 1. The summed E-state index contributed by atoms with van der Waals surface area (Å²) in [6, 6.07) is 12.5. The first-order valence-corrected chi connectivity index (χ1v) is 10.0. The van der Waals surface area contributed by atoms with E-state index in [1.165, 1.54) is 0 Å². The summed E-state index contributed by atoms with van der Waals surface area (Å²) in [4.78, 5) is 15.3. The van der Waals surface area contributed by atoms with Crippen LogP contribution in [0.1, 0.15) is 29.2 Å². The molecule has 6 heteroatoms. The van der Waals surface area contributed by atoms with Crippen LogP contribution in [0.2, 0.25) is 0 Å². The monoisotopic (exact) mass is 370 g/mol. The van der Waals surface area contributed by atoms with Gasteiger partial charge in [0.15, 0.2) is 0 Å². The molecular weight excluding hydrogens is 348 g/mol. The molecule has 2 N–H and O–H groups in total. The molecule has 0 saturated heterocycles. The summed E-state index contributed by atoms with van der Waals surface area (Å²) in [5.41, 5.74) is 4.03. The fourth-order valence-electron chi connectivity index (χ4n) is 3.01. The molecule has 0 radical (unpaired) electrons. The maximum absolute atomic E-state index is 12.5. The molecule has 1 aromatic heterocycles. The largest absolute Gasteiger partial charge is 0.322 e. The third kappa shape index (κ3) is 3.71. The fraction of sp³-hybridized carbons (Fsp3) is 0.250. The van der Waals surface area contributed by atoms with E-state index in [-0.39, 0.29) is 17.0 Å². The average molecular weight is 370 g/mol. The van der Waals surface area contributed by atoms with E-state index in [4.69, 9.17) is 0 Å². The number of fused-ring (bicyclic) bond motifs is 1. The number of hydrogen-bond acceptors (Lipinski definition) is 3. The van der Waals surface area contributed by atoms with Crippen molar-refractivity contribution in [3.8, 4) is 0 Å². The van der Waals surface area contributed by atoms with Gasteiger partial charge in [-0.15, -0.1) is 0 Å². The molecular formula is C20H22N2O3S. The number of benzene rings is 2. The van der Waals surface area contributed by atoms with Gasteiger partial charge in [-0.05, 0) is 61.2 Å². The molecule has 0 bridgehead atoms. The number of aryl methyl sites for hydroxylation is 3. The number of aromatic nitrogens is 1. The maximum Gasteiger partial charge on any atom is 0.252 e. The molecule has 3 aromatic rings. The normalized spacial score (nSPS) is 11.8. The quantitative estimate of drug-likeness (QED) is 0.724. The Morgan fingerprint density at radius 1 is 1.04 bits per heavy atom. The van der Waals surface area contributed by atoms with E-state index >= 15 is 0 Å². The average Bonchev–Trinajstić information content (AvgIpc) is 2.60. The lowest BCUT2D eigenvalue weighted by Crippen LogP contribution is -2.27. The Kier molecular flexibility index (Phi) is 4.98. The lowest BCUT2D eigenvalue weighted by Gasteiger charge is -2.09. The van der Waals surface area contributed by atoms with E-state index in [1.54, 1.807) is 30.3 Å². The Morgan fingerprint density at radius 2 is 1.73 bits per heavy atom.